The van der Waals surface area contributed by atoms with Crippen LogP contribution in [-0.2, 0) is 18.4 Å². The van der Waals surface area contributed by atoms with Crippen LogP contribution in [0.1, 0.15) is 48.8 Å². The summed E-state index contributed by atoms with van der Waals surface area (Å²) >= 11 is 0. The molecule has 2 bridgehead atoms. The summed E-state index contributed by atoms with van der Waals surface area (Å²) in [5, 5.41) is 10.1. The van der Waals surface area contributed by atoms with E-state index in [0.29, 0.717) is 17.2 Å². The Morgan fingerprint density at radius 2 is 2.17 bits per heavy atom. The van der Waals surface area contributed by atoms with Gasteiger partial charge in [0.2, 0.25) is 0 Å². The molecule has 126 valence electrons. The minimum Gasteiger partial charge on any atom is -0.508 e. The number of fused-ring (bicyclic) bond motifs is 1. The summed E-state index contributed by atoms with van der Waals surface area (Å²) in [5.41, 5.74) is 4.52. The number of nitrogens with zero attached hydrogens (tertiary/aromatic N) is 1. The van der Waals surface area contributed by atoms with E-state index in [2.05, 4.69) is 23.1 Å². The molecule has 0 radical (unpaired) electrons. The molecular weight excluding hydrogens is 298 g/mol. The van der Waals surface area contributed by atoms with Crippen LogP contribution in [0.25, 0.3) is 0 Å². The highest BCUT2D eigenvalue weighted by Crippen LogP contribution is 2.56. The maximum absolute atomic E-state index is 10.1. The van der Waals surface area contributed by atoms with Crippen LogP contribution in [0.5, 0.6) is 5.75 Å². The first kappa shape index (κ1) is 14.6. The quantitative estimate of drug-likeness (QED) is 0.898. The van der Waals surface area contributed by atoms with Gasteiger partial charge >= 0.3 is 0 Å². The number of piperidine rings is 1. The number of hydrogen-bond acceptors (Lipinski definition) is 3. The fraction of sp³-hybridized carbons (Fsp3) is 0.524. The molecule has 2 aliphatic carbocycles. The molecule has 1 saturated heterocycles. The van der Waals surface area contributed by atoms with E-state index in [-0.39, 0.29) is 0 Å². The molecule has 3 nitrogen and oxygen atoms in total. The van der Waals surface area contributed by atoms with Gasteiger partial charge in [0.05, 0.1) is 12.5 Å². The number of likely N-dealkylation sites (tertiary alicyclic amines) is 1. The van der Waals surface area contributed by atoms with Crippen molar-refractivity contribution >= 4 is 0 Å². The predicted molar refractivity (Wildman–Crippen MR) is 93.0 cm³/mol. The smallest absolute Gasteiger partial charge is 0.115 e. The van der Waals surface area contributed by atoms with Crippen molar-refractivity contribution < 1.29 is 9.52 Å². The van der Waals surface area contributed by atoms with Crippen LogP contribution in [0.2, 0.25) is 0 Å². The minimum atomic E-state index is 0.308. The number of phenols is 1. The van der Waals surface area contributed by atoms with E-state index in [1.807, 2.05) is 12.3 Å². The SMILES string of the molecule is Oc1ccc2c(c1)C13CCCCC1C(C2)N(Cc1ccoc1)CC3. The molecule has 1 N–H and O–H groups in total. The molecule has 2 fully saturated rings. The van der Waals surface area contributed by atoms with Gasteiger partial charge in [0.1, 0.15) is 5.75 Å². The maximum Gasteiger partial charge on any atom is 0.115 e. The monoisotopic (exact) mass is 323 g/mol. The lowest BCUT2D eigenvalue weighted by atomic mass is 9.52. The van der Waals surface area contributed by atoms with E-state index < -0.39 is 0 Å². The summed E-state index contributed by atoms with van der Waals surface area (Å²) in [7, 11) is 0. The standard InChI is InChI=1S/C21H25NO2/c23-17-5-4-16-11-20-18-3-1-2-7-21(18,19(16)12-17)8-9-22(20)13-15-6-10-24-14-15/h4-6,10,12,14,18,20,23H,1-3,7-9,11,13H2. The molecule has 0 amide bonds. The molecule has 3 atom stereocenters. The molecule has 24 heavy (non-hydrogen) atoms. The van der Waals surface area contributed by atoms with E-state index in [4.69, 9.17) is 4.42 Å². The Kier molecular flexibility index (Phi) is 3.27. The average Bonchev–Trinajstić information content (AvgIpc) is 3.11. The molecule has 0 spiro atoms. The third-order valence-corrected chi connectivity index (χ3v) is 6.90. The van der Waals surface area contributed by atoms with Gasteiger partial charge in [-0.05, 0) is 67.5 Å². The summed E-state index contributed by atoms with van der Waals surface area (Å²) in [6.07, 6.45) is 11.3. The molecule has 5 rings (SSSR count). The Balaban J connectivity index is 1.56. The second-order valence-corrected chi connectivity index (χ2v) is 7.97. The van der Waals surface area contributed by atoms with E-state index in [1.165, 1.54) is 48.8 Å². The summed E-state index contributed by atoms with van der Waals surface area (Å²) in [4.78, 5) is 2.69. The molecule has 3 unspecified atom stereocenters. The highest BCUT2D eigenvalue weighted by Gasteiger charge is 2.53. The fourth-order valence-corrected chi connectivity index (χ4v) is 5.89. The maximum atomic E-state index is 10.1. The molecule has 2 heterocycles. The Hall–Kier alpha value is -1.74. The largest absolute Gasteiger partial charge is 0.508 e. The van der Waals surface area contributed by atoms with Crippen LogP contribution in [-0.4, -0.2) is 22.6 Å². The molecule has 1 aromatic carbocycles. The molecule has 1 saturated carbocycles. The van der Waals surface area contributed by atoms with E-state index >= 15 is 0 Å². The van der Waals surface area contributed by atoms with Crippen LogP contribution in [0.4, 0.5) is 0 Å². The predicted octanol–water partition coefficient (Wildman–Crippen LogP) is 4.24. The van der Waals surface area contributed by atoms with Gasteiger partial charge in [-0.25, -0.2) is 0 Å². The van der Waals surface area contributed by atoms with Crippen molar-refractivity contribution in [3.05, 3.63) is 53.5 Å². The summed E-state index contributed by atoms with van der Waals surface area (Å²) in [6.45, 7) is 2.16. The fourth-order valence-electron chi connectivity index (χ4n) is 5.89. The van der Waals surface area contributed by atoms with Crippen molar-refractivity contribution in [2.24, 2.45) is 5.92 Å². The Labute approximate surface area is 143 Å². The van der Waals surface area contributed by atoms with Crippen molar-refractivity contribution in [1.82, 2.24) is 4.90 Å². The first-order chi connectivity index (χ1) is 11.8. The lowest BCUT2D eigenvalue weighted by Gasteiger charge is -2.59. The van der Waals surface area contributed by atoms with Crippen molar-refractivity contribution in [2.75, 3.05) is 6.54 Å². The van der Waals surface area contributed by atoms with Crippen molar-refractivity contribution in [2.45, 2.75) is 56.5 Å². The van der Waals surface area contributed by atoms with Gasteiger partial charge in [0.25, 0.3) is 0 Å². The van der Waals surface area contributed by atoms with E-state index in [0.717, 1.165) is 25.4 Å². The molecule has 3 aliphatic rings. The minimum absolute atomic E-state index is 0.308. The third kappa shape index (κ3) is 2.07. The van der Waals surface area contributed by atoms with Gasteiger partial charge in [-0.2, -0.15) is 0 Å². The van der Waals surface area contributed by atoms with Gasteiger partial charge in [0.15, 0.2) is 0 Å². The third-order valence-electron chi connectivity index (χ3n) is 6.90. The van der Waals surface area contributed by atoms with E-state index in [1.54, 1.807) is 6.26 Å². The van der Waals surface area contributed by atoms with Gasteiger partial charge in [-0.1, -0.05) is 18.9 Å². The molecular formula is C21H25NO2. The molecule has 1 aromatic heterocycles. The number of hydrogen-bond donors (Lipinski definition) is 1. The number of benzene rings is 1. The Morgan fingerprint density at radius 1 is 1.21 bits per heavy atom. The highest BCUT2D eigenvalue weighted by atomic mass is 16.3. The summed E-state index contributed by atoms with van der Waals surface area (Å²) in [5.74, 6) is 1.17. The van der Waals surface area contributed by atoms with Gasteiger partial charge < -0.3 is 9.52 Å². The van der Waals surface area contributed by atoms with Gasteiger partial charge in [0, 0.05) is 23.6 Å². The molecule has 2 aromatic rings. The van der Waals surface area contributed by atoms with Crippen molar-refractivity contribution in [1.29, 1.82) is 0 Å². The highest BCUT2D eigenvalue weighted by molar-refractivity contribution is 5.45. The molecule has 3 heteroatoms. The van der Waals surface area contributed by atoms with Gasteiger partial charge in [-0.15, -0.1) is 0 Å². The number of aromatic hydroxyl groups is 1. The zero-order valence-corrected chi connectivity index (χ0v) is 14.1. The zero-order valence-electron chi connectivity index (χ0n) is 14.1. The topological polar surface area (TPSA) is 36.6 Å². The average molecular weight is 323 g/mol. The van der Waals surface area contributed by atoms with Crippen LogP contribution in [0.15, 0.2) is 41.2 Å². The summed E-state index contributed by atoms with van der Waals surface area (Å²) in [6, 6.07) is 8.85. The van der Waals surface area contributed by atoms with Crippen molar-refractivity contribution in [3.63, 3.8) is 0 Å². The Bertz CT molecular complexity index is 738. The van der Waals surface area contributed by atoms with Gasteiger partial charge in [-0.3, -0.25) is 4.90 Å². The second kappa shape index (κ2) is 5.38. The summed E-state index contributed by atoms with van der Waals surface area (Å²) < 4.78 is 5.28. The van der Waals surface area contributed by atoms with Crippen LogP contribution in [0, 0.1) is 5.92 Å². The zero-order chi connectivity index (χ0) is 16.1. The number of phenolic OH excluding ortho intramolecular Hbond substituents is 1. The first-order valence-corrected chi connectivity index (χ1v) is 9.34. The lowest BCUT2D eigenvalue weighted by Crippen LogP contribution is -2.60. The number of furan rings is 1. The first-order valence-electron chi connectivity index (χ1n) is 9.34. The lowest BCUT2D eigenvalue weighted by molar-refractivity contribution is -0.0158. The van der Waals surface area contributed by atoms with Crippen LogP contribution >= 0.6 is 0 Å². The Morgan fingerprint density at radius 3 is 3.04 bits per heavy atom. The second-order valence-electron chi connectivity index (χ2n) is 7.97. The van der Waals surface area contributed by atoms with Crippen molar-refractivity contribution in [3.8, 4) is 5.75 Å². The normalized spacial score (nSPS) is 32.2. The molecule has 1 aliphatic heterocycles. The van der Waals surface area contributed by atoms with Crippen LogP contribution in [0.3, 0.4) is 0 Å². The number of rotatable bonds is 2. The van der Waals surface area contributed by atoms with Crippen LogP contribution < -0.4 is 0 Å². The van der Waals surface area contributed by atoms with E-state index in [9.17, 15) is 5.11 Å².